The van der Waals surface area contributed by atoms with Crippen molar-refractivity contribution in [2.45, 2.75) is 38.9 Å². The Morgan fingerprint density at radius 2 is 1.87 bits per heavy atom. The number of likely N-dealkylation sites (tertiary alicyclic amines) is 1. The Kier molecular flexibility index (Phi) is 4.14. The normalized spacial score (nSPS) is 17.6. The zero-order valence-electron chi connectivity index (χ0n) is 13.1. The Balaban J connectivity index is 2.00. The van der Waals surface area contributed by atoms with E-state index in [1.54, 1.807) is 13.0 Å². The monoisotopic (exact) mass is 324 g/mol. The minimum Gasteiger partial charge on any atom is -0.294 e. The number of aromatic nitrogens is 3. The summed E-state index contributed by atoms with van der Waals surface area (Å²) in [6, 6.07) is 5.24. The molecule has 1 saturated heterocycles. The van der Waals surface area contributed by atoms with E-state index in [0.29, 0.717) is 17.3 Å². The van der Waals surface area contributed by atoms with Crippen molar-refractivity contribution in [3.8, 4) is 5.69 Å². The number of halogens is 3. The summed E-state index contributed by atoms with van der Waals surface area (Å²) in [5.41, 5.74) is -0.288. The average molecular weight is 324 g/mol. The molecular weight excluding hydrogens is 305 g/mol. The second-order valence-electron chi connectivity index (χ2n) is 5.90. The maximum atomic E-state index is 12.9. The molecule has 1 aliphatic rings. The van der Waals surface area contributed by atoms with E-state index in [2.05, 4.69) is 15.0 Å². The summed E-state index contributed by atoms with van der Waals surface area (Å²) in [6.45, 7) is 5.74. The number of alkyl halides is 3. The van der Waals surface area contributed by atoms with Gasteiger partial charge in [-0.05, 0) is 58.0 Å². The standard InChI is InChI=1S/C16H19F3N4/c1-11(22-8-3-4-9-22)15-20-12(2)21-23(15)14-7-5-6-13(10-14)16(17,18)19/h5-7,10-11H,3-4,8-9H2,1-2H3. The van der Waals surface area contributed by atoms with E-state index >= 15 is 0 Å². The van der Waals surface area contributed by atoms with Gasteiger partial charge in [-0.25, -0.2) is 9.67 Å². The lowest BCUT2D eigenvalue weighted by molar-refractivity contribution is -0.137. The predicted molar refractivity (Wildman–Crippen MR) is 80.3 cm³/mol. The first-order chi connectivity index (χ1) is 10.9. The molecule has 0 amide bonds. The lowest BCUT2D eigenvalue weighted by Crippen LogP contribution is -2.26. The van der Waals surface area contributed by atoms with Crippen LogP contribution in [0.3, 0.4) is 0 Å². The third kappa shape index (κ3) is 3.24. The first-order valence-corrected chi connectivity index (χ1v) is 7.71. The highest BCUT2D eigenvalue weighted by atomic mass is 19.4. The summed E-state index contributed by atoms with van der Waals surface area (Å²) < 4.78 is 40.4. The van der Waals surface area contributed by atoms with E-state index in [1.165, 1.54) is 10.7 Å². The molecule has 0 bridgehead atoms. The molecule has 0 radical (unpaired) electrons. The van der Waals surface area contributed by atoms with Crippen LogP contribution in [0.15, 0.2) is 24.3 Å². The van der Waals surface area contributed by atoms with Gasteiger partial charge in [-0.15, -0.1) is 0 Å². The third-order valence-corrected chi connectivity index (χ3v) is 4.22. The summed E-state index contributed by atoms with van der Waals surface area (Å²) >= 11 is 0. The average Bonchev–Trinajstić information content (AvgIpc) is 3.15. The van der Waals surface area contributed by atoms with E-state index in [-0.39, 0.29) is 6.04 Å². The molecule has 124 valence electrons. The fraction of sp³-hybridized carbons (Fsp3) is 0.500. The molecule has 2 heterocycles. The zero-order chi connectivity index (χ0) is 16.6. The zero-order valence-corrected chi connectivity index (χ0v) is 13.1. The molecule has 1 aromatic heterocycles. The number of benzene rings is 1. The molecule has 3 rings (SSSR count). The molecule has 23 heavy (non-hydrogen) atoms. The van der Waals surface area contributed by atoms with Crippen LogP contribution in [0, 0.1) is 6.92 Å². The molecule has 0 aliphatic carbocycles. The molecule has 1 atom stereocenters. The fourth-order valence-corrected chi connectivity index (χ4v) is 3.00. The quantitative estimate of drug-likeness (QED) is 0.862. The van der Waals surface area contributed by atoms with Crippen LogP contribution in [-0.2, 0) is 6.18 Å². The van der Waals surface area contributed by atoms with Crippen molar-refractivity contribution in [2.24, 2.45) is 0 Å². The van der Waals surface area contributed by atoms with Gasteiger partial charge in [0, 0.05) is 0 Å². The van der Waals surface area contributed by atoms with E-state index in [9.17, 15) is 13.2 Å². The second kappa shape index (κ2) is 5.96. The van der Waals surface area contributed by atoms with Gasteiger partial charge in [0.2, 0.25) is 0 Å². The van der Waals surface area contributed by atoms with Crippen LogP contribution < -0.4 is 0 Å². The van der Waals surface area contributed by atoms with Crippen molar-refractivity contribution in [3.05, 3.63) is 41.5 Å². The van der Waals surface area contributed by atoms with Crippen LogP contribution in [0.5, 0.6) is 0 Å². The van der Waals surface area contributed by atoms with E-state index < -0.39 is 11.7 Å². The Morgan fingerprint density at radius 3 is 2.52 bits per heavy atom. The number of aryl methyl sites for hydroxylation is 1. The summed E-state index contributed by atoms with van der Waals surface area (Å²) in [5, 5.41) is 4.31. The second-order valence-corrected chi connectivity index (χ2v) is 5.90. The van der Waals surface area contributed by atoms with Gasteiger partial charge in [-0.2, -0.15) is 18.3 Å². The van der Waals surface area contributed by atoms with Gasteiger partial charge in [-0.3, -0.25) is 4.90 Å². The van der Waals surface area contributed by atoms with Crippen molar-refractivity contribution in [1.29, 1.82) is 0 Å². The minimum atomic E-state index is -4.37. The molecule has 7 heteroatoms. The molecule has 1 aliphatic heterocycles. The first-order valence-electron chi connectivity index (χ1n) is 7.71. The Morgan fingerprint density at radius 1 is 1.17 bits per heavy atom. The van der Waals surface area contributed by atoms with Crippen molar-refractivity contribution >= 4 is 0 Å². The van der Waals surface area contributed by atoms with E-state index in [1.807, 2.05) is 6.92 Å². The van der Waals surface area contributed by atoms with Crippen molar-refractivity contribution in [1.82, 2.24) is 19.7 Å². The molecule has 0 saturated carbocycles. The molecule has 1 fully saturated rings. The molecule has 0 spiro atoms. The van der Waals surface area contributed by atoms with Crippen LogP contribution in [0.1, 0.15) is 43.0 Å². The van der Waals surface area contributed by atoms with Gasteiger partial charge in [0.25, 0.3) is 0 Å². The molecular formula is C16H19F3N4. The van der Waals surface area contributed by atoms with E-state index in [0.717, 1.165) is 38.1 Å². The topological polar surface area (TPSA) is 34.0 Å². The van der Waals surface area contributed by atoms with Crippen molar-refractivity contribution < 1.29 is 13.2 Å². The van der Waals surface area contributed by atoms with Crippen LogP contribution in [0.25, 0.3) is 5.69 Å². The summed E-state index contributed by atoms with van der Waals surface area (Å²) in [7, 11) is 0. The van der Waals surface area contributed by atoms with Gasteiger partial charge in [0.1, 0.15) is 11.6 Å². The highest BCUT2D eigenvalue weighted by Gasteiger charge is 2.31. The van der Waals surface area contributed by atoms with Gasteiger partial charge in [0.15, 0.2) is 0 Å². The Hall–Kier alpha value is -1.89. The van der Waals surface area contributed by atoms with Crippen LogP contribution >= 0.6 is 0 Å². The maximum Gasteiger partial charge on any atom is 0.416 e. The molecule has 0 N–H and O–H groups in total. The van der Waals surface area contributed by atoms with E-state index in [4.69, 9.17) is 0 Å². The number of nitrogens with zero attached hydrogens (tertiary/aromatic N) is 4. The molecule has 1 unspecified atom stereocenters. The third-order valence-electron chi connectivity index (χ3n) is 4.22. The Bertz CT molecular complexity index is 687. The summed E-state index contributed by atoms with van der Waals surface area (Å²) in [6.07, 6.45) is -2.09. The minimum absolute atomic E-state index is 0.0215. The highest BCUT2D eigenvalue weighted by molar-refractivity contribution is 5.37. The molecule has 2 aromatic rings. The van der Waals surface area contributed by atoms with Gasteiger partial charge in [-0.1, -0.05) is 6.07 Å². The van der Waals surface area contributed by atoms with Crippen molar-refractivity contribution in [3.63, 3.8) is 0 Å². The summed E-state index contributed by atoms with van der Waals surface area (Å²) in [5.74, 6) is 1.24. The van der Waals surface area contributed by atoms with Gasteiger partial charge < -0.3 is 0 Å². The largest absolute Gasteiger partial charge is 0.416 e. The first kappa shape index (κ1) is 16.0. The highest BCUT2D eigenvalue weighted by Crippen LogP contribution is 2.31. The van der Waals surface area contributed by atoms with Crippen LogP contribution in [0.2, 0.25) is 0 Å². The number of hydrogen-bond acceptors (Lipinski definition) is 3. The van der Waals surface area contributed by atoms with Crippen LogP contribution in [0.4, 0.5) is 13.2 Å². The maximum absolute atomic E-state index is 12.9. The fourth-order valence-electron chi connectivity index (χ4n) is 3.00. The van der Waals surface area contributed by atoms with Gasteiger partial charge >= 0.3 is 6.18 Å². The predicted octanol–water partition coefficient (Wildman–Crippen LogP) is 3.75. The molecule has 1 aromatic carbocycles. The van der Waals surface area contributed by atoms with Crippen LogP contribution in [-0.4, -0.2) is 32.8 Å². The smallest absolute Gasteiger partial charge is 0.294 e. The van der Waals surface area contributed by atoms with Crippen molar-refractivity contribution in [2.75, 3.05) is 13.1 Å². The number of rotatable bonds is 3. The number of hydrogen-bond donors (Lipinski definition) is 0. The lowest BCUT2D eigenvalue weighted by atomic mass is 10.2. The Labute approximate surface area is 132 Å². The molecule has 4 nitrogen and oxygen atoms in total. The van der Waals surface area contributed by atoms with Gasteiger partial charge in [0.05, 0.1) is 17.3 Å². The summed E-state index contributed by atoms with van der Waals surface area (Å²) in [4.78, 5) is 6.74. The SMILES string of the molecule is Cc1nc(C(C)N2CCCC2)n(-c2cccc(C(F)(F)F)c2)n1. The lowest BCUT2D eigenvalue weighted by Gasteiger charge is -2.23.